The molecule has 1 aromatic heterocycles. The second-order valence-electron chi connectivity index (χ2n) is 10.5. The average molecular weight is 707 g/mol. The first kappa shape index (κ1) is 31.0. The van der Waals surface area contributed by atoms with Crippen LogP contribution in [0.15, 0.2) is 65.5 Å². The Balaban J connectivity index is 1.53. The third kappa shape index (κ3) is 7.28. The van der Waals surface area contributed by atoms with Gasteiger partial charge >= 0.3 is 5.69 Å². The van der Waals surface area contributed by atoms with E-state index in [1.165, 1.54) is 24.3 Å². The quantitative estimate of drug-likeness (QED) is 0.254. The molecule has 0 atom stereocenters. The van der Waals surface area contributed by atoms with Crippen molar-refractivity contribution >= 4 is 49.9 Å². The van der Waals surface area contributed by atoms with Gasteiger partial charge in [0.25, 0.3) is 11.8 Å². The van der Waals surface area contributed by atoms with Gasteiger partial charge in [0.15, 0.2) is 0 Å². The fraction of sp³-hybridized carbons (Fsp3) is 0.250. The molecule has 0 radical (unpaired) electrons. The van der Waals surface area contributed by atoms with Crippen molar-refractivity contribution in [3.8, 4) is 5.69 Å². The molecule has 4 aromatic rings. The van der Waals surface area contributed by atoms with Gasteiger partial charge < -0.3 is 10.6 Å². The molecular formula is C28H28FIN6O5S. The first-order chi connectivity index (χ1) is 19.6. The average Bonchev–Trinajstić information content (AvgIpc) is 3.23. The number of nitrogens with one attached hydrogen (secondary N) is 2. The van der Waals surface area contributed by atoms with Gasteiger partial charge in [-0.1, -0.05) is 30.3 Å². The molecular weight excluding hydrogens is 678 g/mol. The number of tetrazole rings is 1. The van der Waals surface area contributed by atoms with E-state index < -0.39 is 38.7 Å². The van der Waals surface area contributed by atoms with Crippen molar-refractivity contribution in [2.75, 3.05) is 17.3 Å². The molecule has 0 aliphatic carbocycles. The maximum atomic E-state index is 14.1. The van der Waals surface area contributed by atoms with Crippen molar-refractivity contribution in [3.63, 3.8) is 0 Å². The van der Waals surface area contributed by atoms with E-state index in [2.05, 4.69) is 21.1 Å². The van der Waals surface area contributed by atoms with E-state index >= 15 is 0 Å². The molecule has 4 rings (SSSR count). The third-order valence-electron chi connectivity index (χ3n) is 6.15. The zero-order valence-electron chi connectivity index (χ0n) is 23.2. The summed E-state index contributed by atoms with van der Waals surface area (Å²) >= 11 is 1.96. The van der Waals surface area contributed by atoms with Gasteiger partial charge in [-0.05, 0) is 95.2 Å². The largest absolute Gasteiger partial charge is 0.368 e. The van der Waals surface area contributed by atoms with Crippen LogP contribution in [0.25, 0.3) is 5.69 Å². The Kier molecular flexibility index (Phi) is 8.96. The molecule has 3 aromatic carbocycles. The van der Waals surface area contributed by atoms with Gasteiger partial charge in [0.1, 0.15) is 21.3 Å². The standard InChI is InChI=1S/C28H28FIN6O5S/c1-17-14-18(15-35-27(39)36(34-33-35)23-11-6-5-9-20(23)29)12-13-22(17)31-25(37)19-8-7-10-21(30)24(19)26(38)32-28(2,3)16-42(4,40)41/h5-14H,15-16H2,1-4H3,(H,31,37)(H,32,38). The molecule has 0 aliphatic heterocycles. The maximum absolute atomic E-state index is 14.1. The summed E-state index contributed by atoms with van der Waals surface area (Å²) < 4.78 is 40.2. The number of hydrogen-bond acceptors (Lipinski definition) is 7. The minimum Gasteiger partial charge on any atom is -0.346 e. The van der Waals surface area contributed by atoms with Crippen LogP contribution < -0.4 is 16.3 Å². The molecule has 0 fully saturated rings. The molecule has 0 spiro atoms. The van der Waals surface area contributed by atoms with Crippen LogP contribution in [0.1, 0.15) is 45.7 Å². The molecule has 42 heavy (non-hydrogen) atoms. The lowest BCUT2D eigenvalue weighted by Gasteiger charge is -2.26. The molecule has 2 amide bonds. The highest BCUT2D eigenvalue weighted by Gasteiger charge is 2.29. The number of carbonyl (C=O) groups excluding carboxylic acids is 2. The maximum Gasteiger partial charge on any atom is 0.368 e. The molecule has 0 aliphatic rings. The Bertz CT molecular complexity index is 1850. The summed E-state index contributed by atoms with van der Waals surface area (Å²) in [4.78, 5) is 39.3. The highest BCUT2D eigenvalue weighted by molar-refractivity contribution is 14.1. The summed E-state index contributed by atoms with van der Waals surface area (Å²) in [5, 5.41) is 13.2. The van der Waals surface area contributed by atoms with Crippen LogP contribution in [0.4, 0.5) is 10.1 Å². The minimum absolute atomic E-state index is 0.00873. The Morgan fingerprint density at radius 2 is 1.74 bits per heavy atom. The monoisotopic (exact) mass is 706 g/mol. The van der Waals surface area contributed by atoms with Crippen molar-refractivity contribution in [2.45, 2.75) is 32.9 Å². The first-order valence-corrected chi connectivity index (χ1v) is 15.8. The van der Waals surface area contributed by atoms with E-state index in [4.69, 9.17) is 0 Å². The van der Waals surface area contributed by atoms with E-state index in [1.54, 1.807) is 57.2 Å². The lowest BCUT2D eigenvalue weighted by molar-refractivity contribution is 0.0909. The fourth-order valence-corrected chi connectivity index (χ4v) is 6.61. The van der Waals surface area contributed by atoms with Crippen LogP contribution in [-0.2, 0) is 16.4 Å². The van der Waals surface area contributed by atoms with Gasteiger partial charge in [-0.3, -0.25) is 9.59 Å². The molecule has 0 saturated carbocycles. The van der Waals surface area contributed by atoms with Gasteiger partial charge in [-0.25, -0.2) is 17.6 Å². The third-order valence-corrected chi connectivity index (χ3v) is 8.30. The number of amides is 2. The number of hydrogen-bond donors (Lipinski definition) is 2. The van der Waals surface area contributed by atoms with Crippen LogP contribution in [0, 0.1) is 16.3 Å². The van der Waals surface area contributed by atoms with E-state index in [1.807, 2.05) is 22.6 Å². The van der Waals surface area contributed by atoms with Crippen LogP contribution in [0.2, 0.25) is 0 Å². The molecule has 11 nitrogen and oxygen atoms in total. The number of aryl methyl sites for hydroxylation is 1. The summed E-state index contributed by atoms with van der Waals surface area (Å²) in [6.45, 7) is 5.03. The number of carbonyl (C=O) groups is 2. The molecule has 1 heterocycles. The van der Waals surface area contributed by atoms with Gasteiger partial charge in [-0.2, -0.15) is 9.36 Å². The van der Waals surface area contributed by atoms with Crippen LogP contribution in [-0.4, -0.2) is 57.6 Å². The second kappa shape index (κ2) is 12.1. The van der Waals surface area contributed by atoms with E-state index in [-0.39, 0.29) is 29.1 Å². The number of benzene rings is 3. The lowest BCUT2D eigenvalue weighted by Crippen LogP contribution is -2.48. The number of sulfone groups is 1. The SMILES string of the molecule is Cc1cc(Cn2nnn(-c3ccccc3F)c2=O)ccc1NC(=O)c1cccc(I)c1C(=O)NC(C)(C)CS(C)(=O)=O. The second-order valence-corrected chi connectivity index (χ2v) is 13.8. The highest BCUT2D eigenvalue weighted by atomic mass is 127. The number of halogens is 2. The fourth-order valence-electron chi connectivity index (χ4n) is 4.48. The molecule has 220 valence electrons. The van der Waals surface area contributed by atoms with E-state index in [9.17, 15) is 27.2 Å². The first-order valence-electron chi connectivity index (χ1n) is 12.6. The number of aromatic nitrogens is 4. The van der Waals surface area contributed by atoms with Gasteiger partial charge in [0.05, 0.1) is 23.4 Å². The van der Waals surface area contributed by atoms with E-state index in [0.29, 0.717) is 20.4 Å². The molecule has 14 heteroatoms. The number of anilines is 1. The molecule has 0 bridgehead atoms. The Hall–Kier alpha value is -3.92. The van der Waals surface area contributed by atoms with Crippen LogP contribution in [0.5, 0.6) is 0 Å². The summed E-state index contributed by atoms with van der Waals surface area (Å²) in [6.07, 6.45) is 1.09. The number of para-hydroxylation sites is 1. The van der Waals surface area contributed by atoms with Gasteiger partial charge in [0, 0.05) is 21.1 Å². The van der Waals surface area contributed by atoms with Gasteiger partial charge in [0.2, 0.25) is 0 Å². The van der Waals surface area contributed by atoms with Crippen molar-refractivity contribution < 1.29 is 22.4 Å². The normalized spacial score (nSPS) is 11.8. The zero-order chi connectivity index (χ0) is 30.8. The summed E-state index contributed by atoms with van der Waals surface area (Å²) in [6, 6.07) is 15.7. The van der Waals surface area contributed by atoms with Crippen LogP contribution >= 0.6 is 22.6 Å². The van der Waals surface area contributed by atoms with Crippen LogP contribution in [0.3, 0.4) is 0 Å². The summed E-state index contributed by atoms with van der Waals surface area (Å²) in [7, 11) is -3.37. The predicted molar refractivity (Wildman–Crippen MR) is 164 cm³/mol. The number of rotatable bonds is 9. The molecule has 0 saturated heterocycles. The van der Waals surface area contributed by atoms with Crippen molar-refractivity contribution in [1.82, 2.24) is 25.1 Å². The predicted octanol–water partition coefficient (Wildman–Crippen LogP) is 3.33. The smallest absolute Gasteiger partial charge is 0.346 e. The Morgan fingerprint density at radius 1 is 1.02 bits per heavy atom. The molecule has 0 unspecified atom stereocenters. The Morgan fingerprint density at radius 3 is 2.40 bits per heavy atom. The number of nitrogens with zero attached hydrogens (tertiary/aromatic N) is 4. The zero-order valence-corrected chi connectivity index (χ0v) is 26.2. The van der Waals surface area contributed by atoms with Crippen molar-refractivity contribution in [2.24, 2.45) is 0 Å². The lowest BCUT2D eigenvalue weighted by atomic mass is 10.0. The van der Waals surface area contributed by atoms with Gasteiger partial charge in [-0.15, -0.1) is 0 Å². The summed E-state index contributed by atoms with van der Waals surface area (Å²) in [5.74, 6) is -1.97. The highest BCUT2D eigenvalue weighted by Crippen LogP contribution is 2.23. The molecule has 2 N–H and O–H groups in total. The Labute approximate surface area is 255 Å². The van der Waals surface area contributed by atoms with Crippen molar-refractivity contribution in [1.29, 1.82) is 0 Å². The topological polar surface area (TPSA) is 145 Å². The summed E-state index contributed by atoms with van der Waals surface area (Å²) in [5.41, 5.74) is 0.417. The minimum atomic E-state index is -3.37. The van der Waals surface area contributed by atoms with Crippen molar-refractivity contribution in [3.05, 3.63) is 103 Å². The van der Waals surface area contributed by atoms with E-state index in [0.717, 1.165) is 15.6 Å².